The third-order valence-corrected chi connectivity index (χ3v) is 8.63. The normalized spacial score (nSPS) is 25.3. The van der Waals surface area contributed by atoms with Gasteiger partial charge >= 0.3 is 0 Å². The molecule has 1 aromatic rings. The Hall–Kier alpha value is -3.51. The van der Waals surface area contributed by atoms with Crippen molar-refractivity contribution in [1.82, 2.24) is 20.9 Å². The van der Waals surface area contributed by atoms with Crippen molar-refractivity contribution in [2.45, 2.75) is 109 Å². The Morgan fingerprint density at radius 2 is 1.40 bits per heavy atom. The maximum atomic E-state index is 14.0. The lowest BCUT2D eigenvalue weighted by molar-refractivity contribution is -0.144. The summed E-state index contributed by atoms with van der Waals surface area (Å²) in [5, 5.41) is 18.3. The van der Waals surface area contributed by atoms with Gasteiger partial charge in [-0.15, -0.1) is 0 Å². The van der Waals surface area contributed by atoms with Crippen LogP contribution in [0.1, 0.15) is 83.6 Å². The molecule has 0 saturated carbocycles. The number of carbonyl (C=O) groups is 5. The molecule has 1 aromatic carbocycles. The highest BCUT2D eigenvalue weighted by atomic mass is 16.3. The number of phenols is 1. The number of ketones is 1. The van der Waals surface area contributed by atoms with Crippen molar-refractivity contribution in [3.8, 4) is 5.75 Å². The first-order valence-electron chi connectivity index (χ1n) is 16.5. The first-order valence-corrected chi connectivity index (χ1v) is 16.5. The molecule has 0 radical (unpaired) electrons. The van der Waals surface area contributed by atoms with Crippen LogP contribution in [0.5, 0.6) is 5.75 Å². The average Bonchev–Trinajstić information content (AvgIpc) is 3.49. The molecule has 12 heteroatoms. The average molecular weight is 629 g/mol. The number of nitrogens with two attached hydrogens (primary N) is 2. The Morgan fingerprint density at radius 3 is 2.02 bits per heavy atom. The number of nitrogens with one attached hydrogen (secondary N) is 3. The summed E-state index contributed by atoms with van der Waals surface area (Å²) in [7, 11) is 0. The summed E-state index contributed by atoms with van der Waals surface area (Å²) in [5.41, 5.74) is 12.1. The van der Waals surface area contributed by atoms with Crippen LogP contribution in [0.25, 0.3) is 0 Å². The van der Waals surface area contributed by atoms with Crippen LogP contribution in [-0.4, -0.2) is 83.2 Å². The van der Waals surface area contributed by atoms with E-state index < -0.39 is 47.8 Å². The van der Waals surface area contributed by atoms with Gasteiger partial charge in [-0.05, 0) is 94.5 Å². The van der Waals surface area contributed by atoms with Crippen LogP contribution in [0.2, 0.25) is 0 Å². The Bertz CT molecular complexity index is 1160. The van der Waals surface area contributed by atoms with Crippen LogP contribution in [0.3, 0.4) is 0 Å². The number of nitrogens with zero attached hydrogens (tertiary/aromatic N) is 1. The second-order valence-electron chi connectivity index (χ2n) is 12.8. The second-order valence-corrected chi connectivity index (χ2v) is 12.8. The molecule has 0 bridgehead atoms. The number of fused-ring (bicyclic) bond motifs is 1. The van der Waals surface area contributed by atoms with Gasteiger partial charge in [0.2, 0.25) is 23.6 Å². The van der Waals surface area contributed by atoms with E-state index in [-0.39, 0.29) is 36.2 Å². The summed E-state index contributed by atoms with van der Waals surface area (Å²) >= 11 is 0. The molecule has 0 aromatic heterocycles. The van der Waals surface area contributed by atoms with Crippen LogP contribution >= 0.6 is 0 Å². The van der Waals surface area contributed by atoms with Crippen molar-refractivity contribution in [3.63, 3.8) is 0 Å². The SMILES string of the molecule is CC(C)C[C@H]1CC(=O)C(CCCCN)NC(=O)[C@H](CCCCN)NC(=O)[C@@H](Cc2ccc(O)cc2)NC(=O)[C@@H]2CCCN2C1=O. The van der Waals surface area contributed by atoms with Crippen LogP contribution in [0, 0.1) is 11.8 Å². The minimum Gasteiger partial charge on any atom is -0.508 e. The van der Waals surface area contributed by atoms with Gasteiger partial charge in [-0.25, -0.2) is 0 Å². The molecule has 1 unspecified atom stereocenters. The molecule has 3 rings (SSSR count). The summed E-state index contributed by atoms with van der Waals surface area (Å²) in [6, 6.07) is 2.69. The Morgan fingerprint density at radius 1 is 0.822 bits per heavy atom. The molecule has 5 atom stereocenters. The lowest BCUT2D eigenvalue weighted by atomic mass is 9.88. The predicted octanol–water partition coefficient (Wildman–Crippen LogP) is 1.27. The van der Waals surface area contributed by atoms with Gasteiger partial charge < -0.3 is 37.4 Å². The lowest BCUT2D eigenvalue weighted by Crippen LogP contribution is -2.57. The minimum absolute atomic E-state index is 0.0525. The van der Waals surface area contributed by atoms with E-state index >= 15 is 0 Å². The molecular formula is C33H52N6O6. The highest BCUT2D eigenvalue weighted by molar-refractivity contribution is 5.98. The number of Topliss-reactive ketones (excluding diaryl/α,β-unsaturated/α-hetero) is 1. The third-order valence-electron chi connectivity index (χ3n) is 8.63. The van der Waals surface area contributed by atoms with Gasteiger partial charge in [-0.2, -0.15) is 0 Å². The first kappa shape index (κ1) is 36.0. The monoisotopic (exact) mass is 628 g/mol. The number of benzene rings is 1. The van der Waals surface area contributed by atoms with E-state index in [9.17, 15) is 29.1 Å². The highest BCUT2D eigenvalue weighted by Crippen LogP contribution is 2.26. The summed E-state index contributed by atoms with van der Waals surface area (Å²) in [4.78, 5) is 70.5. The van der Waals surface area contributed by atoms with E-state index in [1.807, 2.05) is 13.8 Å². The smallest absolute Gasteiger partial charge is 0.243 e. The molecule has 12 nitrogen and oxygen atoms in total. The zero-order valence-electron chi connectivity index (χ0n) is 26.8. The summed E-state index contributed by atoms with van der Waals surface area (Å²) in [6.07, 6.45) is 4.74. The lowest BCUT2D eigenvalue weighted by Gasteiger charge is -2.30. The Labute approximate surface area is 266 Å². The van der Waals surface area contributed by atoms with E-state index in [1.165, 1.54) is 12.1 Å². The largest absolute Gasteiger partial charge is 0.508 e. The number of amides is 4. The number of unbranched alkanes of at least 4 members (excludes halogenated alkanes) is 2. The Kier molecular flexibility index (Phi) is 14.3. The van der Waals surface area contributed by atoms with Crippen molar-refractivity contribution >= 4 is 29.4 Å². The van der Waals surface area contributed by atoms with Crippen molar-refractivity contribution in [2.75, 3.05) is 19.6 Å². The maximum Gasteiger partial charge on any atom is 0.243 e. The van der Waals surface area contributed by atoms with Crippen LogP contribution in [-0.2, 0) is 30.4 Å². The van der Waals surface area contributed by atoms with E-state index in [0.29, 0.717) is 83.0 Å². The molecule has 8 N–H and O–H groups in total. The second kappa shape index (κ2) is 17.8. The fourth-order valence-corrected chi connectivity index (χ4v) is 6.22. The molecule has 2 aliphatic rings. The number of phenolic OH excluding ortho intramolecular Hbond substituents is 1. The van der Waals surface area contributed by atoms with Gasteiger partial charge in [0.05, 0.1) is 6.04 Å². The maximum absolute atomic E-state index is 14.0. The third kappa shape index (κ3) is 10.8. The minimum atomic E-state index is -1.05. The quantitative estimate of drug-likeness (QED) is 0.186. The molecule has 45 heavy (non-hydrogen) atoms. The van der Waals surface area contributed by atoms with Gasteiger partial charge in [-0.3, -0.25) is 24.0 Å². The number of hydrogen-bond acceptors (Lipinski definition) is 8. The van der Waals surface area contributed by atoms with Gasteiger partial charge in [0, 0.05) is 25.3 Å². The van der Waals surface area contributed by atoms with Crippen molar-refractivity contribution < 1.29 is 29.1 Å². The standard InChI is InChI=1S/C33H52N6O6/c1-21(2)18-23-20-29(41)25(8-3-5-15-34)36-30(42)26(9-4-6-16-35)37-31(43)27(19-22-11-13-24(40)14-12-22)38-32(44)28-10-7-17-39(28)33(23)45/h11-14,21,23,25-28,40H,3-10,15-20,34-35H2,1-2H3,(H,36,42)(H,37,43)(H,38,44)/t23-,25?,26-,27+,28-/m0/s1. The van der Waals surface area contributed by atoms with E-state index in [4.69, 9.17) is 11.5 Å². The summed E-state index contributed by atoms with van der Waals surface area (Å²) in [6.45, 7) is 5.22. The number of hydrogen-bond donors (Lipinski definition) is 6. The van der Waals surface area contributed by atoms with E-state index in [2.05, 4.69) is 16.0 Å². The molecule has 2 aliphatic heterocycles. The number of carbonyl (C=O) groups excluding carboxylic acids is 5. The molecule has 250 valence electrons. The molecule has 2 fully saturated rings. The molecular weight excluding hydrogens is 576 g/mol. The highest BCUT2D eigenvalue weighted by Gasteiger charge is 2.40. The van der Waals surface area contributed by atoms with Gasteiger partial charge in [0.15, 0.2) is 5.78 Å². The van der Waals surface area contributed by atoms with Gasteiger partial charge in [0.1, 0.15) is 23.9 Å². The Balaban J connectivity index is 2.02. The van der Waals surface area contributed by atoms with Crippen molar-refractivity contribution in [3.05, 3.63) is 29.8 Å². The summed E-state index contributed by atoms with van der Waals surface area (Å²) < 4.78 is 0. The number of rotatable bonds is 12. The molecule has 2 saturated heterocycles. The van der Waals surface area contributed by atoms with E-state index in [0.717, 1.165) is 0 Å². The van der Waals surface area contributed by atoms with Crippen LogP contribution in [0.4, 0.5) is 0 Å². The molecule has 2 heterocycles. The number of aromatic hydroxyl groups is 1. The zero-order chi connectivity index (χ0) is 32.9. The first-order chi connectivity index (χ1) is 21.5. The van der Waals surface area contributed by atoms with Crippen LogP contribution < -0.4 is 27.4 Å². The topological polar surface area (TPSA) is 197 Å². The fraction of sp³-hybridized carbons (Fsp3) is 0.667. The zero-order valence-corrected chi connectivity index (χ0v) is 26.8. The van der Waals surface area contributed by atoms with Crippen molar-refractivity contribution in [2.24, 2.45) is 23.3 Å². The van der Waals surface area contributed by atoms with Gasteiger partial charge in [-0.1, -0.05) is 26.0 Å². The van der Waals surface area contributed by atoms with E-state index in [1.54, 1.807) is 17.0 Å². The fourth-order valence-electron chi connectivity index (χ4n) is 6.22. The van der Waals surface area contributed by atoms with Crippen LogP contribution in [0.15, 0.2) is 24.3 Å². The van der Waals surface area contributed by atoms with Crippen molar-refractivity contribution in [1.29, 1.82) is 0 Å². The predicted molar refractivity (Wildman–Crippen MR) is 171 cm³/mol. The van der Waals surface area contributed by atoms with Gasteiger partial charge in [0.25, 0.3) is 0 Å². The molecule has 0 spiro atoms. The summed E-state index contributed by atoms with van der Waals surface area (Å²) in [5.74, 6) is -2.45. The molecule has 0 aliphatic carbocycles. The molecule has 4 amide bonds.